The van der Waals surface area contributed by atoms with Crippen LogP contribution in [-0.4, -0.2) is 51.0 Å². The summed E-state index contributed by atoms with van der Waals surface area (Å²) >= 11 is 0. The molecule has 1 aromatic carbocycles. The van der Waals surface area contributed by atoms with Gasteiger partial charge in [0.2, 0.25) is 5.82 Å². The van der Waals surface area contributed by atoms with Gasteiger partial charge in [0.05, 0.1) is 31.3 Å². The van der Waals surface area contributed by atoms with Crippen molar-refractivity contribution in [2.45, 2.75) is 64.1 Å². The number of aryl methyl sites for hydroxylation is 1. The van der Waals surface area contributed by atoms with Gasteiger partial charge in [0.25, 0.3) is 5.56 Å². The van der Waals surface area contributed by atoms with Crippen molar-refractivity contribution in [2.24, 2.45) is 0 Å². The van der Waals surface area contributed by atoms with Crippen LogP contribution in [0.5, 0.6) is 0 Å². The predicted molar refractivity (Wildman–Crippen MR) is 117 cm³/mol. The zero-order chi connectivity index (χ0) is 21.2. The summed E-state index contributed by atoms with van der Waals surface area (Å²) in [4.78, 5) is 17.7. The molecule has 2 aliphatic rings. The number of hydrogen-bond acceptors (Lipinski definition) is 5. The highest BCUT2D eigenvalue weighted by Crippen LogP contribution is 2.21. The van der Waals surface area contributed by atoms with E-state index in [1.54, 1.807) is 0 Å². The minimum atomic E-state index is -0.192. The van der Waals surface area contributed by atoms with Crippen LogP contribution in [0.15, 0.2) is 29.1 Å². The van der Waals surface area contributed by atoms with Gasteiger partial charge in [-0.15, -0.1) is 5.10 Å². The van der Waals surface area contributed by atoms with Crippen molar-refractivity contribution in [3.8, 4) is 0 Å². The molecule has 0 amide bonds. The zero-order valence-electron chi connectivity index (χ0n) is 18.1. The standard InChI is InChI=1S/C23H30N6O2/c1-16-8-9-20-17(13-16)14-19(23(30)24-20)21(28-10-4-2-3-5-11-28)22-25-26-27-29(22)15-18-7-6-12-31-18/h8-9,13-14,18,21H,2-7,10-12,15H2,1H3,(H,24,30)/p+1/t18-,21+/m1/s1. The van der Waals surface area contributed by atoms with E-state index >= 15 is 0 Å². The predicted octanol–water partition coefficient (Wildman–Crippen LogP) is 1.55. The van der Waals surface area contributed by atoms with Gasteiger partial charge in [0.1, 0.15) is 0 Å². The lowest BCUT2D eigenvalue weighted by atomic mass is 10.0. The molecular weight excluding hydrogens is 392 g/mol. The Morgan fingerprint density at radius 3 is 2.81 bits per heavy atom. The van der Waals surface area contributed by atoms with Crippen LogP contribution in [0.1, 0.15) is 61.5 Å². The molecule has 0 bridgehead atoms. The van der Waals surface area contributed by atoms with E-state index in [4.69, 9.17) is 4.74 Å². The summed E-state index contributed by atoms with van der Waals surface area (Å²) in [6.45, 7) is 5.54. The summed E-state index contributed by atoms with van der Waals surface area (Å²) < 4.78 is 7.71. The highest BCUT2D eigenvalue weighted by molar-refractivity contribution is 5.79. The summed E-state index contributed by atoms with van der Waals surface area (Å²) in [5.41, 5.74) is 2.73. The van der Waals surface area contributed by atoms with E-state index in [0.717, 1.165) is 67.7 Å². The van der Waals surface area contributed by atoms with Gasteiger partial charge < -0.3 is 14.6 Å². The number of rotatable bonds is 5. The number of tetrazole rings is 1. The van der Waals surface area contributed by atoms with Crippen LogP contribution in [0.2, 0.25) is 0 Å². The number of nitrogens with zero attached hydrogens (tertiary/aromatic N) is 4. The molecule has 2 N–H and O–H groups in total. The van der Waals surface area contributed by atoms with Crippen molar-refractivity contribution in [2.75, 3.05) is 19.7 Å². The molecule has 2 saturated heterocycles. The van der Waals surface area contributed by atoms with Crippen LogP contribution in [0.3, 0.4) is 0 Å². The molecular formula is C23H31N6O2+. The quantitative estimate of drug-likeness (QED) is 0.650. The van der Waals surface area contributed by atoms with Crippen molar-refractivity contribution >= 4 is 10.9 Å². The minimum Gasteiger partial charge on any atom is -0.376 e. The van der Waals surface area contributed by atoms with Crippen molar-refractivity contribution in [1.82, 2.24) is 25.2 Å². The molecule has 31 heavy (non-hydrogen) atoms. The van der Waals surface area contributed by atoms with Crippen LogP contribution in [-0.2, 0) is 11.3 Å². The minimum absolute atomic E-state index is 0.0511. The second kappa shape index (κ2) is 8.88. The van der Waals surface area contributed by atoms with Gasteiger partial charge in [-0.2, -0.15) is 0 Å². The van der Waals surface area contributed by atoms with Crippen molar-refractivity contribution in [3.05, 3.63) is 51.6 Å². The first-order valence-electron chi connectivity index (χ1n) is 11.5. The van der Waals surface area contributed by atoms with E-state index < -0.39 is 0 Å². The highest BCUT2D eigenvalue weighted by Gasteiger charge is 2.35. The van der Waals surface area contributed by atoms with Gasteiger partial charge in [-0.05, 0) is 79.5 Å². The van der Waals surface area contributed by atoms with Crippen LogP contribution < -0.4 is 10.5 Å². The number of quaternary nitrogens is 1. The molecule has 2 aromatic heterocycles. The Bertz CT molecular complexity index is 1090. The van der Waals surface area contributed by atoms with E-state index in [1.165, 1.54) is 23.3 Å². The van der Waals surface area contributed by atoms with Crippen molar-refractivity contribution in [1.29, 1.82) is 0 Å². The number of aromatic amines is 1. The van der Waals surface area contributed by atoms with Crippen LogP contribution in [0, 0.1) is 6.92 Å². The van der Waals surface area contributed by atoms with Crippen molar-refractivity contribution in [3.63, 3.8) is 0 Å². The number of ether oxygens (including phenoxy) is 1. The zero-order valence-corrected chi connectivity index (χ0v) is 18.1. The second-order valence-corrected chi connectivity index (χ2v) is 9.00. The molecule has 2 atom stereocenters. The second-order valence-electron chi connectivity index (χ2n) is 9.00. The molecule has 164 valence electrons. The number of H-pyrrole nitrogens is 1. The number of aromatic nitrogens is 5. The van der Waals surface area contributed by atoms with E-state index in [-0.39, 0.29) is 17.7 Å². The summed E-state index contributed by atoms with van der Waals surface area (Å²) in [6.07, 6.45) is 7.03. The molecule has 0 radical (unpaired) electrons. The smallest absolute Gasteiger partial charge is 0.258 e. The Kier molecular flexibility index (Phi) is 5.82. The molecule has 0 unspecified atom stereocenters. The first-order valence-corrected chi connectivity index (χ1v) is 11.5. The molecule has 0 spiro atoms. The summed E-state index contributed by atoms with van der Waals surface area (Å²) in [7, 11) is 0. The van der Waals surface area contributed by atoms with Gasteiger partial charge in [0.15, 0.2) is 6.04 Å². The monoisotopic (exact) mass is 423 g/mol. The third-order valence-corrected chi connectivity index (χ3v) is 6.71. The van der Waals surface area contributed by atoms with E-state index in [0.29, 0.717) is 6.54 Å². The van der Waals surface area contributed by atoms with Gasteiger partial charge in [-0.3, -0.25) is 4.79 Å². The normalized spacial score (nSPS) is 21.4. The lowest BCUT2D eigenvalue weighted by molar-refractivity contribution is -0.925. The molecule has 5 rings (SSSR count). The average molecular weight is 424 g/mol. The number of likely N-dealkylation sites (tertiary alicyclic amines) is 1. The van der Waals surface area contributed by atoms with Crippen LogP contribution in [0.25, 0.3) is 10.9 Å². The van der Waals surface area contributed by atoms with E-state index in [9.17, 15) is 4.79 Å². The number of hydrogen-bond donors (Lipinski definition) is 2. The van der Waals surface area contributed by atoms with E-state index in [1.807, 2.05) is 16.8 Å². The van der Waals surface area contributed by atoms with Crippen LogP contribution >= 0.6 is 0 Å². The maximum atomic E-state index is 13.3. The lowest BCUT2D eigenvalue weighted by Crippen LogP contribution is -3.12. The Balaban J connectivity index is 1.60. The fourth-order valence-corrected chi connectivity index (χ4v) is 5.10. The Morgan fingerprint density at radius 2 is 2.03 bits per heavy atom. The lowest BCUT2D eigenvalue weighted by Gasteiger charge is -2.27. The summed E-state index contributed by atoms with van der Waals surface area (Å²) in [5.74, 6) is 0.768. The van der Waals surface area contributed by atoms with E-state index in [2.05, 4.69) is 39.6 Å². The van der Waals surface area contributed by atoms with Crippen molar-refractivity contribution < 1.29 is 9.64 Å². The molecule has 8 heteroatoms. The maximum absolute atomic E-state index is 13.3. The molecule has 0 saturated carbocycles. The van der Waals surface area contributed by atoms with Gasteiger partial charge in [-0.1, -0.05) is 11.6 Å². The first-order chi connectivity index (χ1) is 15.2. The third-order valence-electron chi connectivity index (χ3n) is 6.71. The van der Waals surface area contributed by atoms with Gasteiger partial charge in [0, 0.05) is 12.1 Å². The van der Waals surface area contributed by atoms with Crippen LogP contribution in [0.4, 0.5) is 0 Å². The number of nitrogens with one attached hydrogen (secondary N) is 2. The summed E-state index contributed by atoms with van der Waals surface area (Å²) in [5, 5.41) is 13.8. The largest absolute Gasteiger partial charge is 0.376 e. The molecule has 2 aliphatic heterocycles. The first kappa shape index (κ1) is 20.3. The molecule has 3 aromatic rings. The average Bonchev–Trinajstić information content (AvgIpc) is 3.36. The number of pyridine rings is 1. The third kappa shape index (κ3) is 4.27. The molecule has 2 fully saturated rings. The maximum Gasteiger partial charge on any atom is 0.258 e. The Morgan fingerprint density at radius 1 is 1.19 bits per heavy atom. The van der Waals surface area contributed by atoms with Gasteiger partial charge in [-0.25, -0.2) is 4.68 Å². The van der Waals surface area contributed by atoms with Gasteiger partial charge >= 0.3 is 0 Å². The number of benzene rings is 1. The highest BCUT2D eigenvalue weighted by atomic mass is 16.5. The molecule has 8 nitrogen and oxygen atoms in total. The Labute approximate surface area is 181 Å². The fourth-order valence-electron chi connectivity index (χ4n) is 5.10. The summed E-state index contributed by atoms with van der Waals surface area (Å²) in [6, 6.07) is 7.99. The molecule has 0 aliphatic carbocycles. The SMILES string of the molecule is Cc1ccc2[nH]c(=O)c([C@@H](c3nnnn3C[C@H]3CCCO3)[NH+]3CCCCCC3)cc2c1. The topological polar surface area (TPSA) is 90.1 Å². The number of fused-ring (bicyclic) bond motifs is 1. The fraction of sp³-hybridized carbons (Fsp3) is 0.565. The Hall–Kier alpha value is -2.58. The molecule has 4 heterocycles.